The van der Waals surface area contributed by atoms with E-state index >= 15 is 0 Å². The lowest BCUT2D eigenvalue weighted by atomic mass is 9.90. The van der Waals surface area contributed by atoms with Crippen molar-refractivity contribution in [3.8, 4) is 0 Å². The number of ether oxygens (including phenoxy) is 1. The van der Waals surface area contributed by atoms with Crippen molar-refractivity contribution in [1.29, 1.82) is 0 Å². The molecule has 2 aliphatic carbocycles. The summed E-state index contributed by atoms with van der Waals surface area (Å²) in [5, 5.41) is 23.5. The van der Waals surface area contributed by atoms with Gasteiger partial charge in [0.25, 0.3) is 0 Å². The van der Waals surface area contributed by atoms with E-state index in [2.05, 4.69) is 38.4 Å². The minimum Gasteiger partial charge on any atom is -0.492 e. The molecule has 5 rings (SSSR count). The fourth-order valence-corrected chi connectivity index (χ4v) is 4.17. The van der Waals surface area contributed by atoms with Gasteiger partial charge in [0, 0.05) is 44.4 Å². The molecule has 1 saturated carbocycles. The Labute approximate surface area is 175 Å². The largest absolute Gasteiger partial charge is 0.492 e. The molecule has 1 aromatic rings. The molecule has 3 heterocycles. The van der Waals surface area contributed by atoms with Crippen LogP contribution in [-0.2, 0) is 4.74 Å². The maximum absolute atomic E-state index is 9.82. The predicted octanol–water partition coefficient (Wildman–Crippen LogP) is 0.573. The Morgan fingerprint density at radius 1 is 1.23 bits per heavy atom. The molecule has 160 valence electrons. The molecule has 0 unspecified atom stereocenters. The summed E-state index contributed by atoms with van der Waals surface area (Å²) in [5.41, 5.74) is 5.96. The number of fused-ring (bicyclic) bond motifs is 1. The van der Waals surface area contributed by atoms with E-state index in [1.807, 2.05) is 17.0 Å². The number of piperazine rings is 1. The molecule has 4 aliphatic rings. The number of hydrogen-bond acceptors (Lipinski definition) is 9. The highest BCUT2D eigenvalue weighted by atomic mass is 16.5. The van der Waals surface area contributed by atoms with Crippen LogP contribution in [0, 0.1) is 5.92 Å². The lowest BCUT2D eigenvalue weighted by Gasteiger charge is -2.37. The Hall–Kier alpha value is -2.49. The van der Waals surface area contributed by atoms with Crippen molar-refractivity contribution in [2.75, 3.05) is 37.7 Å². The van der Waals surface area contributed by atoms with Gasteiger partial charge in [-0.3, -0.25) is 10.3 Å². The normalized spacial score (nSPS) is 26.2. The number of rotatable bonds is 6. The second-order valence-electron chi connectivity index (χ2n) is 8.62. The van der Waals surface area contributed by atoms with Crippen LogP contribution in [-0.4, -0.2) is 75.4 Å². The summed E-state index contributed by atoms with van der Waals surface area (Å²) in [4.78, 5) is 13.0. The van der Waals surface area contributed by atoms with Crippen LogP contribution in [0.1, 0.15) is 31.9 Å². The highest BCUT2D eigenvalue weighted by Gasteiger charge is 2.42. The first-order valence-electron chi connectivity index (χ1n) is 10.6. The number of nitrogens with one attached hydrogen (secondary N) is 1. The molecule has 0 radical (unpaired) electrons. The topological polar surface area (TPSA) is 106 Å². The van der Waals surface area contributed by atoms with Crippen LogP contribution < -0.4 is 10.3 Å². The van der Waals surface area contributed by atoms with Gasteiger partial charge in [-0.2, -0.15) is 5.10 Å². The summed E-state index contributed by atoms with van der Waals surface area (Å²) in [7, 11) is 0. The molecule has 2 atom stereocenters. The molecule has 0 amide bonds. The van der Waals surface area contributed by atoms with E-state index in [9.17, 15) is 5.11 Å². The second-order valence-corrected chi connectivity index (χ2v) is 8.62. The smallest absolute Gasteiger partial charge is 0.132 e. The van der Waals surface area contributed by atoms with Crippen LogP contribution in [0.2, 0.25) is 0 Å². The van der Waals surface area contributed by atoms with Crippen molar-refractivity contribution >= 4 is 11.5 Å². The third-order valence-electron chi connectivity index (χ3n) is 6.33. The van der Waals surface area contributed by atoms with Crippen LogP contribution in [0.15, 0.2) is 41.1 Å². The van der Waals surface area contributed by atoms with Gasteiger partial charge in [-0.25, -0.2) is 9.97 Å². The van der Waals surface area contributed by atoms with Gasteiger partial charge in [0.2, 0.25) is 0 Å². The number of allylic oxidation sites excluding steroid dienone is 4. The monoisotopic (exact) mass is 412 g/mol. The second kappa shape index (κ2) is 7.64. The number of aromatic nitrogens is 2. The predicted molar refractivity (Wildman–Crippen MR) is 112 cm³/mol. The molecule has 9 nitrogen and oxygen atoms in total. The number of aliphatic hydroxyl groups is 2. The first kappa shape index (κ1) is 19.5. The summed E-state index contributed by atoms with van der Waals surface area (Å²) in [5.74, 6) is 1.98. The van der Waals surface area contributed by atoms with E-state index in [1.54, 1.807) is 6.33 Å². The van der Waals surface area contributed by atoms with Gasteiger partial charge in [-0.05, 0) is 31.9 Å². The van der Waals surface area contributed by atoms with Crippen molar-refractivity contribution in [2.45, 2.75) is 38.0 Å². The molecule has 0 spiro atoms. The van der Waals surface area contributed by atoms with Crippen LogP contribution in [0.4, 0.5) is 5.82 Å². The zero-order valence-electron chi connectivity index (χ0n) is 17.2. The number of nitrogens with zero attached hydrogens (tertiary/aromatic N) is 5. The number of hydrogen-bond donors (Lipinski definition) is 3. The first-order valence-corrected chi connectivity index (χ1v) is 10.6. The zero-order chi connectivity index (χ0) is 20.7. The maximum atomic E-state index is 9.82. The molecular weight excluding hydrogens is 384 g/mol. The fourth-order valence-electron chi connectivity index (χ4n) is 4.17. The molecular formula is C21H28N6O3. The molecule has 2 aliphatic heterocycles. The molecule has 3 N–H and O–H groups in total. The van der Waals surface area contributed by atoms with Gasteiger partial charge in [-0.1, -0.05) is 0 Å². The highest BCUT2D eigenvalue weighted by Crippen LogP contribution is 2.43. The van der Waals surface area contributed by atoms with E-state index in [0.717, 1.165) is 61.0 Å². The van der Waals surface area contributed by atoms with Crippen molar-refractivity contribution in [3.05, 3.63) is 41.7 Å². The summed E-state index contributed by atoms with van der Waals surface area (Å²) in [6.07, 6.45) is 7.90. The lowest BCUT2D eigenvalue weighted by molar-refractivity contribution is -0.0370. The molecule has 2 fully saturated rings. The molecule has 0 bridgehead atoms. The zero-order valence-corrected chi connectivity index (χ0v) is 17.2. The standard InChI is InChI=1S/C21H28N6O3/c1-21(4-5-21)30-14-2-3-16-15(10-14)20(25-24-16)17-11-18(23-13-22-17)26-6-8-27(9-7-26)19(29)12-28/h2-3,11,13,15,19,24,28-29H,4-10,12H2,1H3/t15-,19-/m0/s1. The Bertz CT molecular complexity index is 902. The number of anilines is 1. The van der Waals surface area contributed by atoms with Gasteiger partial charge in [0.15, 0.2) is 0 Å². The van der Waals surface area contributed by atoms with E-state index in [4.69, 9.17) is 9.84 Å². The van der Waals surface area contributed by atoms with Crippen molar-refractivity contribution in [2.24, 2.45) is 11.0 Å². The highest BCUT2D eigenvalue weighted by molar-refractivity contribution is 6.04. The maximum Gasteiger partial charge on any atom is 0.132 e. The van der Waals surface area contributed by atoms with Crippen molar-refractivity contribution < 1.29 is 14.9 Å². The van der Waals surface area contributed by atoms with Crippen LogP contribution in [0.25, 0.3) is 0 Å². The van der Waals surface area contributed by atoms with Gasteiger partial charge in [0.1, 0.15) is 24.0 Å². The summed E-state index contributed by atoms with van der Waals surface area (Å²) in [6.45, 7) is 4.71. The quantitative estimate of drug-likeness (QED) is 0.623. The van der Waals surface area contributed by atoms with E-state index in [0.29, 0.717) is 13.1 Å². The van der Waals surface area contributed by atoms with Crippen LogP contribution in [0.3, 0.4) is 0 Å². The fraction of sp³-hybridized carbons (Fsp3) is 0.571. The Morgan fingerprint density at radius 2 is 2.03 bits per heavy atom. The Balaban J connectivity index is 1.28. The molecule has 1 saturated heterocycles. The Morgan fingerprint density at radius 3 is 2.77 bits per heavy atom. The average molecular weight is 412 g/mol. The molecule has 1 aromatic heterocycles. The Kier molecular flexibility index (Phi) is 4.96. The minimum absolute atomic E-state index is 0.00828. The number of aliphatic hydroxyl groups excluding tert-OH is 2. The van der Waals surface area contributed by atoms with Gasteiger partial charge >= 0.3 is 0 Å². The van der Waals surface area contributed by atoms with Crippen LogP contribution >= 0.6 is 0 Å². The van der Waals surface area contributed by atoms with E-state index < -0.39 is 6.23 Å². The van der Waals surface area contributed by atoms with E-state index in [1.165, 1.54) is 0 Å². The summed E-state index contributed by atoms with van der Waals surface area (Å²) in [6, 6.07) is 1.99. The first-order chi connectivity index (χ1) is 14.5. The lowest BCUT2D eigenvalue weighted by Crippen LogP contribution is -2.51. The van der Waals surface area contributed by atoms with Gasteiger partial charge in [-0.15, -0.1) is 0 Å². The molecule has 0 aromatic carbocycles. The van der Waals surface area contributed by atoms with Gasteiger partial charge < -0.3 is 19.8 Å². The van der Waals surface area contributed by atoms with Crippen molar-refractivity contribution in [1.82, 2.24) is 20.3 Å². The molecule has 30 heavy (non-hydrogen) atoms. The number of hydrazone groups is 1. The van der Waals surface area contributed by atoms with Crippen LogP contribution in [0.5, 0.6) is 0 Å². The molecule has 9 heteroatoms. The van der Waals surface area contributed by atoms with Gasteiger partial charge in [0.05, 0.1) is 29.7 Å². The van der Waals surface area contributed by atoms with E-state index in [-0.39, 0.29) is 18.1 Å². The SMILES string of the molecule is CC1(OC2=CC=C3NN=C(c4cc(N5CCN([C@@H](O)CO)CC5)ncn4)[C@H]3C2)CC1. The summed E-state index contributed by atoms with van der Waals surface area (Å²) >= 11 is 0. The third kappa shape index (κ3) is 3.80. The average Bonchev–Trinajstić information content (AvgIpc) is 3.35. The third-order valence-corrected chi connectivity index (χ3v) is 6.33. The minimum atomic E-state index is -0.800. The van der Waals surface area contributed by atoms with Crippen molar-refractivity contribution in [3.63, 3.8) is 0 Å². The summed E-state index contributed by atoms with van der Waals surface area (Å²) < 4.78 is 6.19.